The Morgan fingerprint density at radius 2 is 1.58 bits per heavy atom. The SMILES string of the molecule is Cc1cc(-c2ccc(C(C)(C)C)cc2)nc2cc3c(cc12)OCO3. The van der Waals surface area contributed by atoms with Crippen molar-refractivity contribution in [3.05, 3.63) is 53.6 Å². The van der Waals surface area contributed by atoms with Crippen LogP contribution >= 0.6 is 0 Å². The molecule has 0 saturated carbocycles. The molecule has 1 aliphatic rings. The molecule has 0 atom stereocenters. The molecule has 1 aromatic heterocycles. The highest BCUT2D eigenvalue weighted by atomic mass is 16.7. The van der Waals surface area contributed by atoms with Gasteiger partial charge in [-0.25, -0.2) is 4.98 Å². The Morgan fingerprint density at radius 3 is 2.25 bits per heavy atom. The largest absolute Gasteiger partial charge is 0.454 e. The summed E-state index contributed by atoms with van der Waals surface area (Å²) in [5.41, 5.74) is 5.72. The predicted molar refractivity (Wildman–Crippen MR) is 96.7 cm³/mol. The van der Waals surface area contributed by atoms with Crippen molar-refractivity contribution in [3.8, 4) is 22.8 Å². The fourth-order valence-electron chi connectivity index (χ4n) is 3.07. The van der Waals surface area contributed by atoms with E-state index in [0.29, 0.717) is 0 Å². The maximum Gasteiger partial charge on any atom is 0.231 e. The number of rotatable bonds is 1. The molecule has 0 spiro atoms. The van der Waals surface area contributed by atoms with E-state index in [2.05, 4.69) is 58.0 Å². The summed E-state index contributed by atoms with van der Waals surface area (Å²) in [6.07, 6.45) is 0. The van der Waals surface area contributed by atoms with Crippen LogP contribution in [-0.4, -0.2) is 11.8 Å². The molecule has 4 rings (SSSR count). The van der Waals surface area contributed by atoms with Gasteiger partial charge in [-0.05, 0) is 35.6 Å². The molecule has 122 valence electrons. The Bertz CT molecular complexity index is 921. The van der Waals surface area contributed by atoms with E-state index in [1.807, 2.05) is 12.1 Å². The van der Waals surface area contributed by atoms with Gasteiger partial charge in [-0.15, -0.1) is 0 Å². The highest BCUT2D eigenvalue weighted by Crippen LogP contribution is 2.37. The average Bonchev–Trinajstić information content (AvgIpc) is 3.00. The van der Waals surface area contributed by atoms with Gasteiger partial charge in [-0.3, -0.25) is 0 Å². The van der Waals surface area contributed by atoms with Gasteiger partial charge in [0.25, 0.3) is 0 Å². The Morgan fingerprint density at radius 1 is 0.917 bits per heavy atom. The zero-order valence-electron chi connectivity index (χ0n) is 14.5. The molecular weight excluding hydrogens is 298 g/mol. The number of fused-ring (bicyclic) bond motifs is 2. The van der Waals surface area contributed by atoms with Gasteiger partial charge in [0.05, 0.1) is 11.2 Å². The van der Waals surface area contributed by atoms with E-state index in [4.69, 9.17) is 14.5 Å². The first kappa shape index (κ1) is 15.0. The first-order valence-corrected chi connectivity index (χ1v) is 8.24. The quantitative estimate of drug-likeness (QED) is 0.615. The maximum atomic E-state index is 5.48. The van der Waals surface area contributed by atoms with Crippen molar-refractivity contribution in [1.82, 2.24) is 4.98 Å². The number of aryl methyl sites for hydroxylation is 1. The molecule has 0 amide bonds. The number of nitrogens with zero attached hydrogens (tertiary/aromatic N) is 1. The number of hydrogen-bond acceptors (Lipinski definition) is 3. The van der Waals surface area contributed by atoms with E-state index in [9.17, 15) is 0 Å². The third kappa shape index (κ3) is 2.50. The monoisotopic (exact) mass is 319 g/mol. The predicted octanol–water partition coefficient (Wildman–Crippen LogP) is 5.24. The molecule has 2 aromatic carbocycles. The molecule has 3 aromatic rings. The summed E-state index contributed by atoms with van der Waals surface area (Å²) in [4.78, 5) is 4.84. The number of hydrogen-bond donors (Lipinski definition) is 0. The van der Waals surface area contributed by atoms with Crippen molar-refractivity contribution < 1.29 is 9.47 Å². The molecule has 3 nitrogen and oxygen atoms in total. The minimum absolute atomic E-state index is 0.156. The molecule has 0 unspecified atom stereocenters. The number of pyridine rings is 1. The normalized spacial score (nSPS) is 13.5. The zero-order chi connectivity index (χ0) is 16.9. The molecular formula is C21H21NO2. The Hall–Kier alpha value is -2.55. The summed E-state index contributed by atoms with van der Waals surface area (Å²) >= 11 is 0. The Balaban J connectivity index is 1.81. The Labute approximate surface area is 142 Å². The fraction of sp³-hybridized carbons (Fsp3) is 0.286. The van der Waals surface area contributed by atoms with Gasteiger partial charge < -0.3 is 9.47 Å². The van der Waals surface area contributed by atoms with E-state index in [0.717, 1.165) is 33.7 Å². The lowest BCUT2D eigenvalue weighted by Gasteiger charge is -2.19. The van der Waals surface area contributed by atoms with Crippen LogP contribution in [0.1, 0.15) is 31.9 Å². The summed E-state index contributed by atoms with van der Waals surface area (Å²) in [5, 5.41) is 1.11. The van der Waals surface area contributed by atoms with Gasteiger partial charge in [0.1, 0.15) is 0 Å². The maximum absolute atomic E-state index is 5.48. The molecule has 1 aliphatic heterocycles. The standard InChI is InChI=1S/C21H21NO2/c1-13-9-17(14-5-7-15(8-6-14)21(2,3)4)22-18-11-20-19(10-16(13)18)23-12-24-20/h5-11H,12H2,1-4H3. The summed E-state index contributed by atoms with van der Waals surface area (Å²) in [6.45, 7) is 9.07. The topological polar surface area (TPSA) is 31.4 Å². The van der Waals surface area contributed by atoms with Crippen LogP contribution in [0.3, 0.4) is 0 Å². The second-order valence-electron chi connectivity index (χ2n) is 7.37. The molecule has 0 N–H and O–H groups in total. The van der Waals surface area contributed by atoms with Gasteiger partial charge in [-0.2, -0.15) is 0 Å². The lowest BCUT2D eigenvalue weighted by Crippen LogP contribution is -2.10. The van der Waals surface area contributed by atoms with Crippen LogP contribution in [0.25, 0.3) is 22.2 Å². The van der Waals surface area contributed by atoms with E-state index < -0.39 is 0 Å². The van der Waals surface area contributed by atoms with E-state index in [1.54, 1.807) is 0 Å². The van der Waals surface area contributed by atoms with Gasteiger partial charge in [0, 0.05) is 17.0 Å². The zero-order valence-corrected chi connectivity index (χ0v) is 14.5. The molecule has 0 fully saturated rings. The fourth-order valence-corrected chi connectivity index (χ4v) is 3.07. The summed E-state index contributed by atoms with van der Waals surface area (Å²) in [7, 11) is 0. The van der Waals surface area contributed by atoms with Gasteiger partial charge in [0.2, 0.25) is 6.79 Å². The van der Waals surface area contributed by atoms with Crippen LogP contribution in [0.4, 0.5) is 0 Å². The summed E-state index contributed by atoms with van der Waals surface area (Å²) in [6, 6.07) is 14.8. The highest BCUT2D eigenvalue weighted by molar-refractivity contribution is 5.88. The first-order chi connectivity index (χ1) is 11.4. The molecule has 0 saturated heterocycles. The molecule has 3 heteroatoms. The molecule has 24 heavy (non-hydrogen) atoms. The third-order valence-electron chi connectivity index (χ3n) is 4.56. The van der Waals surface area contributed by atoms with E-state index in [-0.39, 0.29) is 12.2 Å². The first-order valence-electron chi connectivity index (χ1n) is 8.24. The van der Waals surface area contributed by atoms with Crippen molar-refractivity contribution in [1.29, 1.82) is 0 Å². The Kier molecular flexibility index (Phi) is 3.27. The molecule has 0 radical (unpaired) electrons. The summed E-state index contributed by atoms with van der Waals surface area (Å²) < 4.78 is 11.0. The van der Waals surface area contributed by atoms with Crippen molar-refractivity contribution in [2.75, 3.05) is 6.79 Å². The number of benzene rings is 2. The third-order valence-corrected chi connectivity index (χ3v) is 4.56. The van der Waals surface area contributed by atoms with Crippen LogP contribution in [-0.2, 0) is 5.41 Å². The number of aromatic nitrogens is 1. The van der Waals surface area contributed by atoms with Crippen LogP contribution in [0, 0.1) is 6.92 Å². The van der Waals surface area contributed by atoms with Crippen molar-refractivity contribution in [2.45, 2.75) is 33.1 Å². The van der Waals surface area contributed by atoms with E-state index >= 15 is 0 Å². The van der Waals surface area contributed by atoms with Crippen molar-refractivity contribution in [2.24, 2.45) is 0 Å². The van der Waals surface area contributed by atoms with Gasteiger partial charge >= 0.3 is 0 Å². The molecule has 2 heterocycles. The second-order valence-corrected chi connectivity index (χ2v) is 7.37. The van der Waals surface area contributed by atoms with Crippen LogP contribution in [0.15, 0.2) is 42.5 Å². The van der Waals surface area contributed by atoms with Crippen molar-refractivity contribution in [3.63, 3.8) is 0 Å². The van der Waals surface area contributed by atoms with Crippen LogP contribution < -0.4 is 9.47 Å². The smallest absolute Gasteiger partial charge is 0.231 e. The average molecular weight is 319 g/mol. The number of ether oxygens (including phenoxy) is 2. The summed E-state index contributed by atoms with van der Waals surface area (Å²) in [5.74, 6) is 1.57. The lowest BCUT2D eigenvalue weighted by atomic mass is 9.86. The van der Waals surface area contributed by atoms with Gasteiger partial charge in [-0.1, -0.05) is 45.0 Å². The minimum Gasteiger partial charge on any atom is -0.454 e. The highest BCUT2D eigenvalue weighted by Gasteiger charge is 2.17. The molecule has 0 bridgehead atoms. The minimum atomic E-state index is 0.156. The second kappa shape index (κ2) is 5.23. The van der Waals surface area contributed by atoms with Gasteiger partial charge in [0.15, 0.2) is 11.5 Å². The molecule has 0 aliphatic carbocycles. The lowest BCUT2D eigenvalue weighted by molar-refractivity contribution is 0.174. The van der Waals surface area contributed by atoms with Crippen molar-refractivity contribution >= 4 is 10.9 Å². The van der Waals surface area contributed by atoms with Crippen LogP contribution in [0.5, 0.6) is 11.5 Å². The van der Waals surface area contributed by atoms with E-state index in [1.165, 1.54) is 11.1 Å². The van der Waals surface area contributed by atoms with Crippen LogP contribution in [0.2, 0.25) is 0 Å².